The summed E-state index contributed by atoms with van der Waals surface area (Å²) in [6, 6.07) is 6.54. The van der Waals surface area contributed by atoms with Crippen molar-refractivity contribution in [3.05, 3.63) is 29.8 Å². The molecule has 1 atom stereocenters. The number of carbonyl (C=O) groups excluding carboxylic acids is 1. The lowest BCUT2D eigenvalue weighted by molar-refractivity contribution is 0.0655. The van der Waals surface area contributed by atoms with Crippen molar-refractivity contribution in [1.29, 1.82) is 0 Å². The van der Waals surface area contributed by atoms with Crippen LogP contribution in [0.4, 0.5) is 0 Å². The molecule has 1 aromatic carbocycles. The van der Waals surface area contributed by atoms with Crippen LogP contribution in [0, 0.1) is 5.92 Å². The van der Waals surface area contributed by atoms with Gasteiger partial charge in [-0.2, -0.15) is 4.31 Å². The minimum absolute atomic E-state index is 0. The van der Waals surface area contributed by atoms with Crippen molar-refractivity contribution in [2.45, 2.75) is 37.6 Å². The molecule has 6 nitrogen and oxygen atoms in total. The van der Waals surface area contributed by atoms with E-state index >= 15 is 0 Å². The van der Waals surface area contributed by atoms with Gasteiger partial charge in [0.05, 0.1) is 4.90 Å². The molecule has 1 amide bonds. The van der Waals surface area contributed by atoms with Gasteiger partial charge in [-0.15, -0.1) is 12.4 Å². The quantitative estimate of drug-likeness (QED) is 0.840. The van der Waals surface area contributed by atoms with E-state index in [0.717, 1.165) is 25.9 Å². The highest BCUT2D eigenvalue weighted by Crippen LogP contribution is 2.24. The fourth-order valence-corrected chi connectivity index (χ4v) is 4.92. The summed E-state index contributed by atoms with van der Waals surface area (Å²) in [5, 5.41) is 3.26. The molecule has 2 aliphatic rings. The number of piperazine rings is 1. The van der Waals surface area contributed by atoms with E-state index in [2.05, 4.69) is 12.2 Å². The zero-order valence-electron chi connectivity index (χ0n) is 15.3. The fraction of sp³-hybridized carbons (Fsp3) is 0.611. The molecule has 0 bridgehead atoms. The Labute approximate surface area is 162 Å². The van der Waals surface area contributed by atoms with Crippen molar-refractivity contribution in [3.8, 4) is 0 Å². The molecule has 1 aromatic rings. The Morgan fingerprint density at radius 3 is 2.27 bits per heavy atom. The molecule has 1 N–H and O–H groups in total. The van der Waals surface area contributed by atoms with E-state index in [0.29, 0.717) is 31.1 Å². The number of rotatable bonds is 3. The molecule has 146 valence electrons. The van der Waals surface area contributed by atoms with Gasteiger partial charge in [-0.05, 0) is 49.9 Å². The number of hydrogen-bond donors (Lipinski definition) is 1. The summed E-state index contributed by atoms with van der Waals surface area (Å²) >= 11 is 0. The lowest BCUT2D eigenvalue weighted by Crippen LogP contribution is -2.52. The van der Waals surface area contributed by atoms with Gasteiger partial charge < -0.3 is 10.2 Å². The first-order valence-electron chi connectivity index (χ1n) is 9.01. The molecule has 3 rings (SSSR count). The van der Waals surface area contributed by atoms with E-state index in [1.807, 2.05) is 11.8 Å². The van der Waals surface area contributed by atoms with E-state index in [4.69, 9.17) is 0 Å². The summed E-state index contributed by atoms with van der Waals surface area (Å²) in [6.45, 7) is 7.56. The van der Waals surface area contributed by atoms with E-state index < -0.39 is 10.0 Å². The molecule has 2 saturated heterocycles. The molecule has 0 unspecified atom stereocenters. The van der Waals surface area contributed by atoms with E-state index in [1.54, 1.807) is 28.6 Å². The summed E-state index contributed by atoms with van der Waals surface area (Å²) in [5.74, 6) is 0.539. The molecule has 2 aliphatic heterocycles. The monoisotopic (exact) mass is 401 g/mol. The van der Waals surface area contributed by atoms with Crippen LogP contribution in [0.15, 0.2) is 29.2 Å². The second-order valence-corrected chi connectivity index (χ2v) is 9.10. The number of hydrogen-bond acceptors (Lipinski definition) is 4. The summed E-state index contributed by atoms with van der Waals surface area (Å²) < 4.78 is 27.1. The smallest absolute Gasteiger partial charge is 0.254 e. The number of piperidine rings is 1. The van der Waals surface area contributed by atoms with Gasteiger partial charge in [-0.3, -0.25) is 4.79 Å². The van der Waals surface area contributed by atoms with Crippen LogP contribution in [0.5, 0.6) is 0 Å². The van der Waals surface area contributed by atoms with Gasteiger partial charge in [0.2, 0.25) is 10.0 Å². The van der Waals surface area contributed by atoms with Crippen LogP contribution < -0.4 is 5.32 Å². The average molecular weight is 402 g/mol. The van der Waals surface area contributed by atoms with Gasteiger partial charge in [0.25, 0.3) is 5.91 Å². The van der Waals surface area contributed by atoms with Crippen LogP contribution in [0.25, 0.3) is 0 Å². The van der Waals surface area contributed by atoms with Crippen molar-refractivity contribution in [1.82, 2.24) is 14.5 Å². The predicted octanol–water partition coefficient (Wildman–Crippen LogP) is 1.96. The zero-order valence-corrected chi connectivity index (χ0v) is 17.0. The standard InChI is InChI=1S/C18H27N3O3S.ClH/c1-14-7-10-20(11-8-14)25(23,24)17-5-3-16(4-6-17)18(22)21-12-9-19-13-15(21)2;/h3-6,14-15,19H,7-13H2,1-2H3;1H/t15-;/m1./s1. The second-order valence-electron chi connectivity index (χ2n) is 7.16. The fourth-order valence-electron chi connectivity index (χ4n) is 3.45. The summed E-state index contributed by atoms with van der Waals surface area (Å²) in [6.07, 6.45) is 1.80. The number of carbonyl (C=O) groups is 1. The Bertz CT molecular complexity index is 716. The van der Waals surface area contributed by atoms with Gasteiger partial charge in [0.1, 0.15) is 0 Å². The zero-order chi connectivity index (χ0) is 18.0. The predicted molar refractivity (Wildman–Crippen MR) is 104 cm³/mol. The van der Waals surface area contributed by atoms with Crippen LogP contribution in [-0.4, -0.2) is 62.3 Å². The summed E-state index contributed by atoms with van der Waals surface area (Å²) in [5.41, 5.74) is 0.542. The molecule has 0 spiro atoms. The highest BCUT2D eigenvalue weighted by Gasteiger charge is 2.29. The number of benzene rings is 1. The van der Waals surface area contributed by atoms with Gasteiger partial charge in [0, 0.05) is 44.3 Å². The summed E-state index contributed by atoms with van der Waals surface area (Å²) in [4.78, 5) is 14.8. The number of halogens is 1. The van der Waals surface area contributed by atoms with Crippen LogP contribution in [0.3, 0.4) is 0 Å². The van der Waals surface area contributed by atoms with Crippen molar-refractivity contribution in [2.75, 3.05) is 32.7 Å². The molecule has 0 aliphatic carbocycles. The maximum atomic E-state index is 12.8. The molecule has 0 aromatic heterocycles. The number of nitrogens with one attached hydrogen (secondary N) is 1. The number of nitrogens with zero attached hydrogens (tertiary/aromatic N) is 2. The lowest BCUT2D eigenvalue weighted by atomic mass is 10.0. The lowest BCUT2D eigenvalue weighted by Gasteiger charge is -2.34. The van der Waals surface area contributed by atoms with Gasteiger partial charge >= 0.3 is 0 Å². The SMILES string of the molecule is CC1CCN(S(=O)(=O)c2ccc(C(=O)N3CCNC[C@H]3C)cc2)CC1.Cl. The van der Waals surface area contributed by atoms with Crippen molar-refractivity contribution in [3.63, 3.8) is 0 Å². The first kappa shape index (κ1) is 21.2. The molecule has 0 radical (unpaired) electrons. The summed E-state index contributed by atoms with van der Waals surface area (Å²) in [7, 11) is -3.47. The minimum atomic E-state index is -3.47. The van der Waals surface area contributed by atoms with Crippen molar-refractivity contribution >= 4 is 28.3 Å². The largest absolute Gasteiger partial charge is 0.333 e. The third kappa shape index (κ3) is 4.39. The number of amides is 1. The molecule has 2 fully saturated rings. The van der Waals surface area contributed by atoms with Crippen molar-refractivity contribution in [2.24, 2.45) is 5.92 Å². The molecule has 0 saturated carbocycles. The van der Waals surface area contributed by atoms with Gasteiger partial charge in [-0.1, -0.05) is 6.92 Å². The number of sulfonamides is 1. The Hall–Kier alpha value is -1.15. The molecular weight excluding hydrogens is 374 g/mol. The maximum absolute atomic E-state index is 12.8. The molecular formula is C18H28ClN3O3S. The molecule has 2 heterocycles. The first-order chi connectivity index (χ1) is 11.9. The average Bonchev–Trinajstić information content (AvgIpc) is 2.62. The minimum Gasteiger partial charge on any atom is -0.333 e. The van der Waals surface area contributed by atoms with E-state index in [1.165, 1.54) is 0 Å². The first-order valence-corrected chi connectivity index (χ1v) is 10.5. The third-order valence-electron chi connectivity index (χ3n) is 5.24. The maximum Gasteiger partial charge on any atom is 0.254 e. The highest BCUT2D eigenvalue weighted by molar-refractivity contribution is 7.89. The highest BCUT2D eigenvalue weighted by atomic mass is 35.5. The van der Waals surface area contributed by atoms with Crippen LogP contribution in [0.2, 0.25) is 0 Å². The van der Waals surface area contributed by atoms with Crippen LogP contribution >= 0.6 is 12.4 Å². The van der Waals surface area contributed by atoms with Gasteiger partial charge in [-0.25, -0.2) is 8.42 Å². The van der Waals surface area contributed by atoms with Crippen molar-refractivity contribution < 1.29 is 13.2 Å². The van der Waals surface area contributed by atoms with Crippen LogP contribution in [0.1, 0.15) is 37.0 Å². The van der Waals surface area contributed by atoms with Gasteiger partial charge in [0.15, 0.2) is 0 Å². The normalized spacial score (nSPS) is 22.7. The Balaban J connectivity index is 0.00000243. The topological polar surface area (TPSA) is 69.7 Å². The molecule has 26 heavy (non-hydrogen) atoms. The Morgan fingerprint density at radius 1 is 1.08 bits per heavy atom. The van der Waals surface area contributed by atoms with E-state index in [9.17, 15) is 13.2 Å². The van der Waals surface area contributed by atoms with Crippen LogP contribution in [-0.2, 0) is 10.0 Å². The Kier molecular flexibility index (Phi) is 7.07. The second kappa shape index (κ2) is 8.69. The third-order valence-corrected chi connectivity index (χ3v) is 7.16. The van der Waals surface area contributed by atoms with E-state index in [-0.39, 0.29) is 29.3 Å². The Morgan fingerprint density at radius 2 is 1.69 bits per heavy atom. The molecule has 8 heteroatoms.